The van der Waals surface area contributed by atoms with Gasteiger partial charge in [0.1, 0.15) is 4.88 Å². The van der Waals surface area contributed by atoms with E-state index in [1.54, 1.807) is 31.3 Å². The third-order valence-electron chi connectivity index (χ3n) is 3.34. The molecule has 0 bridgehead atoms. The lowest BCUT2D eigenvalue weighted by Crippen LogP contribution is -2.34. The van der Waals surface area contributed by atoms with Crippen molar-refractivity contribution in [3.05, 3.63) is 44.9 Å². The molecule has 2 aromatic rings. The molecule has 128 valence electrons. The third kappa shape index (κ3) is 4.55. The quantitative estimate of drug-likeness (QED) is 0.872. The summed E-state index contributed by atoms with van der Waals surface area (Å²) < 4.78 is 0. The van der Waals surface area contributed by atoms with Crippen molar-refractivity contribution in [2.75, 3.05) is 18.9 Å². The van der Waals surface area contributed by atoms with Crippen molar-refractivity contribution in [2.24, 2.45) is 0 Å². The predicted molar refractivity (Wildman–Crippen MR) is 98.0 cm³/mol. The minimum absolute atomic E-state index is 0.0420. The minimum atomic E-state index is -0.278. The number of hydrogen-bond acceptors (Lipinski definition) is 4. The van der Waals surface area contributed by atoms with Gasteiger partial charge in [-0.05, 0) is 25.1 Å². The number of likely N-dealkylation sites (N-methyl/N-ethyl adjacent to an activating group) is 1. The molecule has 0 saturated heterocycles. The van der Waals surface area contributed by atoms with Gasteiger partial charge in [-0.3, -0.25) is 9.59 Å². The summed E-state index contributed by atoms with van der Waals surface area (Å²) in [6, 6.07) is 6.88. The van der Waals surface area contributed by atoms with Gasteiger partial charge in [-0.1, -0.05) is 31.5 Å². The van der Waals surface area contributed by atoms with Crippen LogP contribution < -0.4 is 5.32 Å². The van der Waals surface area contributed by atoms with Crippen molar-refractivity contribution in [1.82, 2.24) is 9.88 Å². The maximum absolute atomic E-state index is 12.5. The van der Waals surface area contributed by atoms with E-state index in [1.807, 2.05) is 20.8 Å². The van der Waals surface area contributed by atoms with E-state index in [-0.39, 0.29) is 24.3 Å². The number of aryl methyl sites for hydroxylation is 1. The lowest BCUT2D eigenvalue weighted by atomic mass is 10.2. The number of nitrogens with one attached hydrogen (secondary N) is 1. The fourth-order valence-electron chi connectivity index (χ4n) is 2.09. The highest BCUT2D eigenvalue weighted by molar-refractivity contribution is 7.13. The number of benzene rings is 1. The zero-order valence-electron chi connectivity index (χ0n) is 14.1. The molecule has 0 aliphatic carbocycles. The topological polar surface area (TPSA) is 62.3 Å². The smallest absolute Gasteiger partial charge is 0.266 e. The number of halogens is 1. The van der Waals surface area contributed by atoms with Crippen molar-refractivity contribution in [2.45, 2.75) is 26.7 Å². The first-order chi connectivity index (χ1) is 11.3. The van der Waals surface area contributed by atoms with Crippen molar-refractivity contribution in [1.29, 1.82) is 0 Å². The van der Waals surface area contributed by atoms with Gasteiger partial charge < -0.3 is 10.2 Å². The van der Waals surface area contributed by atoms with Crippen LogP contribution in [0.25, 0.3) is 0 Å². The summed E-state index contributed by atoms with van der Waals surface area (Å²) in [5.74, 6) is -0.204. The molecule has 5 nitrogen and oxygen atoms in total. The van der Waals surface area contributed by atoms with Crippen LogP contribution in [0.5, 0.6) is 0 Å². The molecule has 0 fully saturated rings. The Labute approximate surface area is 150 Å². The number of hydrogen-bond donors (Lipinski definition) is 1. The van der Waals surface area contributed by atoms with Crippen LogP contribution in [0.2, 0.25) is 5.02 Å². The first-order valence-corrected chi connectivity index (χ1v) is 8.75. The van der Waals surface area contributed by atoms with Gasteiger partial charge in [0.15, 0.2) is 0 Å². The average Bonchev–Trinajstić information content (AvgIpc) is 2.88. The SMILES string of the molecule is Cc1nc(C(C)C)sc1C(=O)N(C)CC(=O)Nc1cccc(Cl)c1. The van der Waals surface area contributed by atoms with Gasteiger partial charge in [-0.2, -0.15) is 0 Å². The fourth-order valence-corrected chi connectivity index (χ4v) is 3.34. The van der Waals surface area contributed by atoms with Gasteiger partial charge in [0, 0.05) is 23.7 Å². The molecule has 0 radical (unpaired) electrons. The van der Waals surface area contributed by atoms with Gasteiger partial charge in [-0.15, -0.1) is 11.3 Å². The van der Waals surface area contributed by atoms with Crippen LogP contribution >= 0.6 is 22.9 Å². The molecule has 2 rings (SSSR count). The van der Waals surface area contributed by atoms with E-state index in [2.05, 4.69) is 10.3 Å². The number of amides is 2. The molecule has 24 heavy (non-hydrogen) atoms. The molecule has 0 atom stereocenters. The van der Waals surface area contributed by atoms with Gasteiger partial charge in [0.05, 0.1) is 17.2 Å². The second kappa shape index (κ2) is 7.77. The summed E-state index contributed by atoms with van der Waals surface area (Å²) in [6.07, 6.45) is 0. The Hall–Kier alpha value is -1.92. The van der Waals surface area contributed by atoms with Gasteiger partial charge >= 0.3 is 0 Å². The maximum atomic E-state index is 12.5. The molecule has 2 amide bonds. The van der Waals surface area contributed by atoms with Crippen LogP contribution in [0.3, 0.4) is 0 Å². The number of aromatic nitrogens is 1. The van der Waals surface area contributed by atoms with Crippen molar-refractivity contribution >= 4 is 40.4 Å². The van der Waals surface area contributed by atoms with Crippen LogP contribution in [0.15, 0.2) is 24.3 Å². The zero-order valence-corrected chi connectivity index (χ0v) is 15.7. The molecule has 0 aliphatic heterocycles. The number of nitrogens with zero attached hydrogens (tertiary/aromatic N) is 2. The van der Waals surface area contributed by atoms with Crippen LogP contribution in [-0.4, -0.2) is 35.3 Å². The van der Waals surface area contributed by atoms with Crippen molar-refractivity contribution in [3.8, 4) is 0 Å². The normalized spacial score (nSPS) is 10.8. The van der Waals surface area contributed by atoms with E-state index in [0.717, 1.165) is 5.01 Å². The highest BCUT2D eigenvalue weighted by Gasteiger charge is 2.21. The highest BCUT2D eigenvalue weighted by atomic mass is 35.5. The summed E-state index contributed by atoms with van der Waals surface area (Å²) in [5, 5.41) is 4.19. The van der Waals surface area contributed by atoms with E-state index in [9.17, 15) is 9.59 Å². The lowest BCUT2D eigenvalue weighted by molar-refractivity contribution is -0.116. The van der Waals surface area contributed by atoms with Gasteiger partial charge in [-0.25, -0.2) is 4.98 Å². The van der Waals surface area contributed by atoms with Crippen LogP contribution in [-0.2, 0) is 4.79 Å². The predicted octanol–water partition coefficient (Wildman–Crippen LogP) is 3.94. The molecule has 0 unspecified atom stereocenters. The van der Waals surface area contributed by atoms with Crippen LogP contribution in [0.4, 0.5) is 5.69 Å². The Morgan fingerprint density at radius 1 is 1.38 bits per heavy atom. The van der Waals surface area contributed by atoms with Crippen LogP contribution in [0, 0.1) is 6.92 Å². The Morgan fingerprint density at radius 2 is 2.08 bits per heavy atom. The van der Waals surface area contributed by atoms with E-state index >= 15 is 0 Å². The minimum Gasteiger partial charge on any atom is -0.332 e. The molecular formula is C17H20ClN3O2S. The Bertz CT molecular complexity index is 758. The number of anilines is 1. The van der Waals surface area contributed by atoms with E-state index in [1.165, 1.54) is 16.2 Å². The number of carbonyl (C=O) groups is 2. The second-order valence-corrected chi connectivity index (χ2v) is 7.31. The van der Waals surface area contributed by atoms with Crippen LogP contribution in [0.1, 0.15) is 40.1 Å². The Morgan fingerprint density at radius 3 is 2.67 bits per heavy atom. The molecule has 1 N–H and O–H groups in total. The molecular weight excluding hydrogens is 346 g/mol. The number of thiazole rings is 1. The first-order valence-electron chi connectivity index (χ1n) is 7.56. The summed E-state index contributed by atoms with van der Waals surface area (Å²) in [6.45, 7) is 5.85. The molecule has 0 aliphatic rings. The lowest BCUT2D eigenvalue weighted by Gasteiger charge is -2.16. The Balaban J connectivity index is 2.02. The number of carbonyl (C=O) groups excluding carboxylic acids is 2. The van der Waals surface area contributed by atoms with E-state index in [4.69, 9.17) is 11.6 Å². The zero-order chi connectivity index (χ0) is 17.9. The summed E-state index contributed by atoms with van der Waals surface area (Å²) in [4.78, 5) is 31.0. The Kier molecular flexibility index (Phi) is 5.96. The van der Waals surface area contributed by atoms with E-state index in [0.29, 0.717) is 21.3 Å². The first kappa shape index (κ1) is 18.4. The summed E-state index contributed by atoms with van der Waals surface area (Å²) in [7, 11) is 1.61. The van der Waals surface area contributed by atoms with Crippen molar-refractivity contribution in [3.63, 3.8) is 0 Å². The molecule has 1 aromatic carbocycles. The molecule has 1 aromatic heterocycles. The third-order valence-corrected chi connectivity index (χ3v) is 5.02. The summed E-state index contributed by atoms with van der Waals surface area (Å²) in [5.41, 5.74) is 1.31. The largest absolute Gasteiger partial charge is 0.332 e. The van der Waals surface area contributed by atoms with Gasteiger partial charge in [0.25, 0.3) is 5.91 Å². The molecule has 1 heterocycles. The average molecular weight is 366 g/mol. The standard InChI is InChI=1S/C17H20ClN3O2S/c1-10(2)16-19-11(3)15(24-16)17(23)21(4)9-14(22)20-13-7-5-6-12(18)8-13/h5-8,10H,9H2,1-4H3,(H,20,22). The monoisotopic (exact) mass is 365 g/mol. The highest BCUT2D eigenvalue weighted by Crippen LogP contribution is 2.25. The maximum Gasteiger partial charge on any atom is 0.266 e. The van der Waals surface area contributed by atoms with Crippen molar-refractivity contribution < 1.29 is 9.59 Å². The fraction of sp³-hybridized carbons (Fsp3) is 0.353. The molecule has 0 spiro atoms. The molecule has 7 heteroatoms. The van der Waals surface area contributed by atoms with Gasteiger partial charge in [0.2, 0.25) is 5.91 Å². The number of rotatable bonds is 5. The second-order valence-electron chi connectivity index (χ2n) is 5.84. The summed E-state index contributed by atoms with van der Waals surface area (Å²) >= 11 is 7.27. The van der Waals surface area contributed by atoms with E-state index < -0.39 is 0 Å². The molecule has 0 saturated carbocycles.